The molecule has 2 aromatic rings. The summed E-state index contributed by atoms with van der Waals surface area (Å²) in [6.07, 6.45) is -9.44. The summed E-state index contributed by atoms with van der Waals surface area (Å²) in [7, 11) is -4.60. The average molecular weight is 371 g/mol. The first kappa shape index (κ1) is 18.2. The molecule has 0 bridgehead atoms. The Morgan fingerprint density at radius 3 is 1.96 bits per heavy atom. The predicted molar refractivity (Wildman–Crippen MR) is 69.5 cm³/mol. The Morgan fingerprint density at radius 2 is 1.54 bits per heavy atom. The Bertz CT molecular complexity index is 857. The van der Waals surface area contributed by atoms with Gasteiger partial charge in [-0.2, -0.15) is 34.8 Å². The zero-order valence-electron chi connectivity index (χ0n) is 11.4. The van der Waals surface area contributed by atoms with E-state index in [2.05, 4.69) is 4.98 Å². The minimum Gasteiger partial charge on any atom is -0.282 e. The third-order valence-corrected chi connectivity index (χ3v) is 3.80. The number of rotatable bonds is 2. The van der Waals surface area contributed by atoms with E-state index in [-0.39, 0.29) is 6.07 Å². The van der Waals surface area contributed by atoms with Crippen molar-refractivity contribution in [3.8, 4) is 11.3 Å². The molecule has 4 nitrogen and oxygen atoms in total. The van der Waals surface area contributed by atoms with Crippen molar-refractivity contribution < 1.29 is 39.3 Å². The van der Waals surface area contributed by atoms with Gasteiger partial charge in [0.25, 0.3) is 10.1 Å². The molecule has 1 aromatic carbocycles. The lowest BCUT2D eigenvalue weighted by molar-refractivity contribution is -0.142. The van der Waals surface area contributed by atoms with E-state index >= 15 is 0 Å². The SMILES string of the molecule is O=S(=O)(O)c1ccc(-c2ccc(C(F)(F)F)cc2C(F)(F)F)nc1. The summed E-state index contributed by atoms with van der Waals surface area (Å²) in [6.45, 7) is 0. The molecule has 0 spiro atoms. The molecule has 0 radical (unpaired) electrons. The summed E-state index contributed by atoms with van der Waals surface area (Å²) < 4.78 is 107. The number of halogens is 6. The number of hydrogen-bond donors (Lipinski definition) is 1. The van der Waals surface area contributed by atoms with Gasteiger partial charge in [-0.1, -0.05) is 6.07 Å². The van der Waals surface area contributed by atoms with E-state index in [1.54, 1.807) is 0 Å². The summed E-state index contributed by atoms with van der Waals surface area (Å²) in [5.41, 5.74) is -4.10. The van der Waals surface area contributed by atoms with Crippen LogP contribution in [0.5, 0.6) is 0 Å². The minimum absolute atomic E-state index is 0.0479. The molecule has 0 amide bonds. The third-order valence-electron chi connectivity index (χ3n) is 2.96. The molecule has 2 rings (SSSR count). The highest BCUT2D eigenvalue weighted by molar-refractivity contribution is 7.85. The van der Waals surface area contributed by atoms with E-state index in [1.807, 2.05) is 0 Å². The van der Waals surface area contributed by atoms with Gasteiger partial charge in [0.1, 0.15) is 4.90 Å². The van der Waals surface area contributed by atoms with E-state index in [0.717, 1.165) is 12.1 Å². The predicted octanol–water partition coefficient (Wildman–Crippen LogP) is 4.03. The molecular weight excluding hydrogens is 364 g/mol. The van der Waals surface area contributed by atoms with Gasteiger partial charge in [-0.05, 0) is 24.3 Å². The fraction of sp³-hybridized carbons (Fsp3) is 0.154. The van der Waals surface area contributed by atoms with Gasteiger partial charge in [0.15, 0.2) is 0 Å². The van der Waals surface area contributed by atoms with Crippen LogP contribution < -0.4 is 0 Å². The zero-order chi connectivity index (χ0) is 18.3. The van der Waals surface area contributed by atoms with E-state index in [4.69, 9.17) is 4.55 Å². The average Bonchev–Trinajstić information content (AvgIpc) is 2.44. The molecule has 0 aliphatic carbocycles. The molecule has 0 atom stereocenters. The highest BCUT2D eigenvalue weighted by atomic mass is 32.2. The molecule has 0 saturated carbocycles. The quantitative estimate of drug-likeness (QED) is 0.639. The maximum atomic E-state index is 13.0. The second-order valence-corrected chi connectivity index (χ2v) is 6.03. The van der Waals surface area contributed by atoms with Crippen molar-refractivity contribution in [3.63, 3.8) is 0 Å². The molecule has 1 aromatic heterocycles. The van der Waals surface area contributed by atoms with Crippen LogP contribution in [0.2, 0.25) is 0 Å². The first-order valence-corrected chi connectivity index (χ1v) is 7.46. The van der Waals surface area contributed by atoms with Crippen LogP contribution >= 0.6 is 0 Å². The van der Waals surface area contributed by atoms with Gasteiger partial charge >= 0.3 is 12.4 Å². The number of hydrogen-bond acceptors (Lipinski definition) is 3. The lowest BCUT2D eigenvalue weighted by Crippen LogP contribution is -2.12. The highest BCUT2D eigenvalue weighted by Gasteiger charge is 2.38. The molecule has 0 fully saturated rings. The number of aromatic nitrogens is 1. The van der Waals surface area contributed by atoms with Gasteiger partial charge in [0, 0.05) is 11.8 Å². The number of alkyl halides is 6. The summed E-state index contributed by atoms with van der Waals surface area (Å²) in [4.78, 5) is 2.80. The molecule has 1 N–H and O–H groups in total. The summed E-state index contributed by atoms with van der Waals surface area (Å²) in [5, 5.41) is 0. The van der Waals surface area contributed by atoms with Crippen LogP contribution in [0.1, 0.15) is 11.1 Å². The summed E-state index contributed by atoms with van der Waals surface area (Å²) >= 11 is 0. The standard InChI is InChI=1S/C13H7F6NO3S/c14-12(15,16)7-1-3-9(10(5-7)13(17,18)19)11-4-2-8(6-20-11)24(21,22)23/h1-6H,(H,21,22,23). The second-order valence-electron chi connectivity index (χ2n) is 4.61. The maximum absolute atomic E-state index is 13.0. The molecule has 0 saturated heterocycles. The highest BCUT2D eigenvalue weighted by Crippen LogP contribution is 2.40. The van der Waals surface area contributed by atoms with E-state index in [1.165, 1.54) is 0 Å². The van der Waals surface area contributed by atoms with Gasteiger partial charge in [0.2, 0.25) is 0 Å². The molecule has 0 aliphatic heterocycles. The van der Waals surface area contributed by atoms with Crippen molar-refractivity contribution in [2.24, 2.45) is 0 Å². The van der Waals surface area contributed by atoms with E-state index in [0.29, 0.717) is 18.3 Å². The molecule has 130 valence electrons. The molecule has 0 aliphatic rings. The zero-order valence-corrected chi connectivity index (χ0v) is 12.2. The Kier molecular flexibility index (Phi) is 4.35. The summed E-state index contributed by atoms with van der Waals surface area (Å²) in [6, 6.07) is 2.65. The van der Waals surface area contributed by atoms with Crippen LogP contribution in [0.4, 0.5) is 26.3 Å². The van der Waals surface area contributed by atoms with Crippen molar-refractivity contribution in [2.45, 2.75) is 17.2 Å². The Hall–Kier alpha value is -2.14. The van der Waals surface area contributed by atoms with Gasteiger partial charge in [0.05, 0.1) is 16.8 Å². The van der Waals surface area contributed by atoms with Gasteiger partial charge in [-0.25, -0.2) is 0 Å². The van der Waals surface area contributed by atoms with Crippen molar-refractivity contribution in [1.29, 1.82) is 0 Å². The van der Waals surface area contributed by atoms with Crippen LogP contribution in [0.15, 0.2) is 41.4 Å². The molecule has 24 heavy (non-hydrogen) atoms. The second kappa shape index (κ2) is 5.74. The monoisotopic (exact) mass is 371 g/mol. The Labute approximate surface area is 131 Å². The lowest BCUT2D eigenvalue weighted by Gasteiger charge is -2.15. The van der Waals surface area contributed by atoms with Crippen LogP contribution in [0.3, 0.4) is 0 Å². The largest absolute Gasteiger partial charge is 0.417 e. The first-order chi connectivity index (χ1) is 10.8. The lowest BCUT2D eigenvalue weighted by atomic mass is 10.00. The topological polar surface area (TPSA) is 67.3 Å². The fourth-order valence-corrected chi connectivity index (χ4v) is 2.30. The van der Waals surface area contributed by atoms with E-state index in [9.17, 15) is 34.8 Å². The van der Waals surface area contributed by atoms with Gasteiger partial charge in [-0.15, -0.1) is 0 Å². The first-order valence-electron chi connectivity index (χ1n) is 6.02. The van der Waals surface area contributed by atoms with Crippen molar-refractivity contribution in [2.75, 3.05) is 0 Å². The molecular formula is C13H7F6NO3S. The Morgan fingerprint density at radius 1 is 0.917 bits per heavy atom. The smallest absolute Gasteiger partial charge is 0.282 e. The minimum atomic E-state index is -5.08. The van der Waals surface area contributed by atoms with Crippen molar-refractivity contribution in [3.05, 3.63) is 47.7 Å². The molecule has 11 heteroatoms. The van der Waals surface area contributed by atoms with Crippen molar-refractivity contribution >= 4 is 10.1 Å². The van der Waals surface area contributed by atoms with Crippen LogP contribution in [0, 0.1) is 0 Å². The number of pyridine rings is 1. The molecule has 1 heterocycles. The molecule has 0 unspecified atom stereocenters. The summed E-state index contributed by atoms with van der Waals surface area (Å²) in [5.74, 6) is 0. The van der Waals surface area contributed by atoms with Crippen LogP contribution in [-0.4, -0.2) is 18.0 Å². The normalized spacial score (nSPS) is 13.1. The fourth-order valence-electron chi connectivity index (χ4n) is 1.87. The Balaban J connectivity index is 2.62. The van der Waals surface area contributed by atoms with Gasteiger partial charge < -0.3 is 0 Å². The number of benzene rings is 1. The maximum Gasteiger partial charge on any atom is 0.417 e. The third kappa shape index (κ3) is 3.85. The number of nitrogens with zero attached hydrogens (tertiary/aromatic N) is 1. The van der Waals surface area contributed by atoms with E-state index < -0.39 is 49.8 Å². The van der Waals surface area contributed by atoms with Gasteiger partial charge in [-0.3, -0.25) is 9.54 Å². The van der Waals surface area contributed by atoms with Crippen molar-refractivity contribution in [1.82, 2.24) is 4.98 Å². The van der Waals surface area contributed by atoms with Crippen LogP contribution in [-0.2, 0) is 22.5 Å². The van der Waals surface area contributed by atoms with Crippen LogP contribution in [0.25, 0.3) is 11.3 Å².